The maximum Gasteiger partial charge on any atom is 0.212 e. The van der Waals surface area contributed by atoms with Gasteiger partial charge in [-0.15, -0.1) is 0 Å². The third-order valence-corrected chi connectivity index (χ3v) is 3.14. The molecular weight excluding hydrogens is 285 g/mol. The fourth-order valence-corrected chi connectivity index (χ4v) is 2.23. The zero-order chi connectivity index (χ0) is 13.8. The van der Waals surface area contributed by atoms with E-state index in [2.05, 4.69) is 10.4 Å². The highest BCUT2D eigenvalue weighted by Crippen LogP contribution is 2.24. The molecule has 100 valence electrons. The Morgan fingerprint density at radius 2 is 2.32 bits per heavy atom. The molecule has 0 unspecified atom stereocenters. The normalized spacial score (nSPS) is 15.1. The van der Waals surface area contributed by atoms with Crippen molar-refractivity contribution in [3.63, 3.8) is 0 Å². The fourth-order valence-electron chi connectivity index (χ4n) is 1.73. The topological polar surface area (TPSA) is 44.7 Å². The zero-order valence-corrected chi connectivity index (χ0v) is 11.9. The predicted molar refractivity (Wildman–Crippen MR) is 77.5 cm³/mol. The van der Waals surface area contributed by atoms with Gasteiger partial charge in [0, 0.05) is 10.6 Å². The number of carbonyl (C=O) groups is 1. The molecule has 6 heteroatoms. The lowest BCUT2D eigenvalue weighted by Gasteiger charge is -2.18. The Labute approximate surface area is 121 Å². The SMILES string of the molecule is CCC=C(C(=O)c1ccc(Cl)cc1Cl)N1C=NCN1. The molecule has 0 radical (unpaired) electrons. The van der Waals surface area contributed by atoms with E-state index in [-0.39, 0.29) is 5.78 Å². The number of hydrogen-bond acceptors (Lipinski definition) is 4. The van der Waals surface area contributed by atoms with Crippen molar-refractivity contribution in [1.29, 1.82) is 0 Å². The molecule has 1 heterocycles. The van der Waals surface area contributed by atoms with Crippen LogP contribution in [0.3, 0.4) is 0 Å². The zero-order valence-electron chi connectivity index (χ0n) is 10.4. The summed E-state index contributed by atoms with van der Waals surface area (Å²) in [5, 5.41) is 2.45. The molecule has 0 amide bonds. The summed E-state index contributed by atoms with van der Waals surface area (Å²) in [6, 6.07) is 4.84. The van der Waals surface area contributed by atoms with Crippen LogP contribution >= 0.6 is 23.2 Å². The Balaban J connectivity index is 2.34. The number of Topliss-reactive ketones (excluding diaryl/α,β-unsaturated/α-hetero) is 1. The molecule has 0 aromatic heterocycles. The van der Waals surface area contributed by atoms with Crippen LogP contribution in [0.15, 0.2) is 35.0 Å². The van der Waals surface area contributed by atoms with Crippen molar-refractivity contribution in [2.75, 3.05) is 6.67 Å². The lowest BCUT2D eigenvalue weighted by Crippen LogP contribution is -2.34. The molecule has 1 aliphatic rings. The molecule has 1 aliphatic heterocycles. The average Bonchev–Trinajstić information content (AvgIpc) is 2.89. The van der Waals surface area contributed by atoms with Crippen LogP contribution in [0.1, 0.15) is 23.7 Å². The number of halogens is 2. The second-order valence-corrected chi connectivity index (χ2v) is 4.78. The van der Waals surface area contributed by atoms with Gasteiger partial charge in [-0.1, -0.05) is 36.2 Å². The number of allylic oxidation sites excluding steroid dienone is 2. The number of rotatable bonds is 4. The Kier molecular flexibility index (Phi) is 4.58. The Bertz CT molecular complexity index is 555. The predicted octanol–water partition coefficient (Wildman–Crippen LogP) is 3.28. The van der Waals surface area contributed by atoms with E-state index in [0.717, 1.165) is 6.42 Å². The summed E-state index contributed by atoms with van der Waals surface area (Å²) >= 11 is 11.9. The van der Waals surface area contributed by atoms with Gasteiger partial charge in [-0.3, -0.25) is 14.8 Å². The molecule has 0 saturated carbocycles. The highest BCUT2D eigenvalue weighted by atomic mass is 35.5. The first-order chi connectivity index (χ1) is 9.13. The standard InChI is InChI=1S/C13H13Cl2N3O/c1-2-3-12(18-8-16-7-17-18)13(19)10-5-4-9(14)6-11(10)15/h3-6,8,17H,2,7H2,1H3. The summed E-state index contributed by atoms with van der Waals surface area (Å²) in [6.45, 7) is 2.42. The van der Waals surface area contributed by atoms with E-state index in [4.69, 9.17) is 23.2 Å². The van der Waals surface area contributed by atoms with Crippen LogP contribution in [-0.4, -0.2) is 23.8 Å². The van der Waals surface area contributed by atoms with Crippen LogP contribution in [0.5, 0.6) is 0 Å². The molecule has 1 aromatic rings. The smallest absolute Gasteiger partial charge is 0.212 e. The molecular formula is C13H13Cl2N3O. The van der Waals surface area contributed by atoms with Crippen molar-refractivity contribution < 1.29 is 4.79 Å². The number of aliphatic imine (C=N–C) groups is 1. The Morgan fingerprint density at radius 3 is 2.89 bits per heavy atom. The summed E-state index contributed by atoms with van der Waals surface area (Å²) in [4.78, 5) is 16.5. The van der Waals surface area contributed by atoms with Crippen molar-refractivity contribution in [1.82, 2.24) is 10.4 Å². The molecule has 0 atom stereocenters. The van der Waals surface area contributed by atoms with Gasteiger partial charge >= 0.3 is 0 Å². The minimum atomic E-state index is -0.163. The van der Waals surface area contributed by atoms with Gasteiger partial charge in [0.15, 0.2) is 0 Å². The van der Waals surface area contributed by atoms with Crippen molar-refractivity contribution in [2.45, 2.75) is 13.3 Å². The molecule has 0 spiro atoms. The minimum Gasteiger partial charge on any atom is -0.287 e. The highest BCUT2D eigenvalue weighted by Gasteiger charge is 2.21. The Morgan fingerprint density at radius 1 is 1.53 bits per heavy atom. The Hall–Kier alpha value is -1.36. The molecule has 19 heavy (non-hydrogen) atoms. The van der Waals surface area contributed by atoms with Crippen LogP contribution in [0, 0.1) is 0 Å². The first kappa shape index (κ1) is 14.1. The lowest BCUT2D eigenvalue weighted by atomic mass is 10.1. The number of benzene rings is 1. The van der Waals surface area contributed by atoms with E-state index in [1.54, 1.807) is 29.5 Å². The minimum absolute atomic E-state index is 0.163. The number of nitrogens with one attached hydrogen (secondary N) is 1. The van der Waals surface area contributed by atoms with Crippen LogP contribution in [-0.2, 0) is 0 Å². The third-order valence-electron chi connectivity index (χ3n) is 2.59. The number of carbonyl (C=O) groups excluding carboxylic acids is 1. The van der Waals surface area contributed by atoms with Gasteiger partial charge in [0.1, 0.15) is 18.7 Å². The second kappa shape index (κ2) is 6.19. The van der Waals surface area contributed by atoms with Gasteiger partial charge in [-0.05, 0) is 24.6 Å². The van der Waals surface area contributed by atoms with Crippen molar-refractivity contribution in [2.24, 2.45) is 4.99 Å². The fraction of sp³-hybridized carbons (Fsp3) is 0.231. The molecule has 4 nitrogen and oxygen atoms in total. The largest absolute Gasteiger partial charge is 0.287 e. The molecule has 2 rings (SSSR count). The van der Waals surface area contributed by atoms with Crippen LogP contribution in [0.4, 0.5) is 0 Å². The van der Waals surface area contributed by atoms with Crippen molar-refractivity contribution in [3.8, 4) is 0 Å². The lowest BCUT2D eigenvalue weighted by molar-refractivity contribution is 0.100. The van der Waals surface area contributed by atoms with E-state index in [0.29, 0.717) is 28.0 Å². The number of ketones is 1. The van der Waals surface area contributed by atoms with Gasteiger partial charge in [0.2, 0.25) is 5.78 Å². The van der Waals surface area contributed by atoms with Crippen molar-refractivity contribution in [3.05, 3.63) is 45.6 Å². The number of nitrogens with zero attached hydrogens (tertiary/aromatic N) is 2. The first-order valence-electron chi connectivity index (χ1n) is 5.86. The summed E-state index contributed by atoms with van der Waals surface area (Å²) in [7, 11) is 0. The number of hydrogen-bond donors (Lipinski definition) is 1. The van der Waals surface area contributed by atoms with Gasteiger partial charge in [0.05, 0.1) is 5.02 Å². The van der Waals surface area contributed by atoms with Gasteiger partial charge in [0.25, 0.3) is 0 Å². The van der Waals surface area contributed by atoms with Crippen LogP contribution in [0.25, 0.3) is 0 Å². The quantitative estimate of drug-likeness (QED) is 0.685. The summed E-state index contributed by atoms with van der Waals surface area (Å²) in [6.07, 6.45) is 4.15. The van der Waals surface area contributed by atoms with E-state index in [9.17, 15) is 4.79 Å². The van der Waals surface area contributed by atoms with E-state index < -0.39 is 0 Å². The van der Waals surface area contributed by atoms with Crippen LogP contribution in [0.2, 0.25) is 10.0 Å². The summed E-state index contributed by atoms with van der Waals surface area (Å²) in [5.74, 6) is -0.163. The van der Waals surface area contributed by atoms with Crippen molar-refractivity contribution >= 4 is 35.3 Å². The average molecular weight is 298 g/mol. The molecule has 0 aliphatic carbocycles. The third kappa shape index (κ3) is 3.15. The highest BCUT2D eigenvalue weighted by molar-refractivity contribution is 6.37. The molecule has 0 fully saturated rings. The molecule has 0 saturated heterocycles. The van der Waals surface area contributed by atoms with Gasteiger partial charge in [-0.25, -0.2) is 5.43 Å². The van der Waals surface area contributed by atoms with Gasteiger partial charge in [-0.2, -0.15) is 0 Å². The maximum absolute atomic E-state index is 12.5. The van der Waals surface area contributed by atoms with Crippen LogP contribution < -0.4 is 5.43 Å². The monoisotopic (exact) mass is 297 g/mol. The van der Waals surface area contributed by atoms with Gasteiger partial charge < -0.3 is 0 Å². The second-order valence-electron chi connectivity index (χ2n) is 3.94. The molecule has 1 aromatic carbocycles. The van der Waals surface area contributed by atoms with E-state index in [1.807, 2.05) is 13.0 Å². The molecule has 1 N–H and O–H groups in total. The van der Waals surface area contributed by atoms with E-state index in [1.165, 1.54) is 0 Å². The first-order valence-corrected chi connectivity index (χ1v) is 6.61. The summed E-state index contributed by atoms with van der Waals surface area (Å²) in [5.41, 5.74) is 3.91. The molecule has 0 bridgehead atoms. The maximum atomic E-state index is 12.5. The number of hydrazine groups is 1. The summed E-state index contributed by atoms with van der Waals surface area (Å²) < 4.78 is 0. The van der Waals surface area contributed by atoms with E-state index >= 15 is 0 Å².